The Labute approximate surface area is 171 Å². The first-order chi connectivity index (χ1) is 13.4. The van der Waals surface area contributed by atoms with Gasteiger partial charge in [-0.2, -0.15) is 0 Å². The molecular weight excluding hydrogens is 442 g/mol. The zero-order valence-electron chi connectivity index (χ0n) is 15.2. The standard InChI is InChI=1S/C20H18BrN3O3S/c1-23-15-11-22-18-16(17(15)20(19(23)25)9-5-6-10-20)14(21)12-24(18)28(26,27)13-7-3-2-4-8-13/h2-4,7-8,11-12H,5-6,9-10H2,1H3. The van der Waals surface area contributed by atoms with E-state index in [1.807, 2.05) is 0 Å². The molecule has 0 radical (unpaired) electrons. The Morgan fingerprint density at radius 1 is 1.14 bits per heavy atom. The first-order valence-corrected chi connectivity index (χ1v) is 11.4. The van der Waals surface area contributed by atoms with Gasteiger partial charge in [-0.05, 0) is 40.9 Å². The molecule has 2 aromatic heterocycles. The van der Waals surface area contributed by atoms with Gasteiger partial charge in [0.05, 0.1) is 22.2 Å². The number of carbonyl (C=O) groups is 1. The van der Waals surface area contributed by atoms with E-state index in [1.165, 1.54) is 3.97 Å². The first-order valence-electron chi connectivity index (χ1n) is 9.17. The van der Waals surface area contributed by atoms with Gasteiger partial charge in [0.1, 0.15) is 0 Å². The first kappa shape index (κ1) is 17.9. The molecule has 3 heterocycles. The number of hydrogen-bond donors (Lipinski definition) is 0. The van der Waals surface area contributed by atoms with Crippen LogP contribution in [0.15, 0.2) is 52.1 Å². The van der Waals surface area contributed by atoms with Gasteiger partial charge in [-0.25, -0.2) is 17.4 Å². The molecule has 6 nitrogen and oxygen atoms in total. The lowest BCUT2D eigenvalue weighted by Gasteiger charge is -2.22. The molecule has 28 heavy (non-hydrogen) atoms. The van der Waals surface area contributed by atoms with Crippen molar-refractivity contribution in [3.05, 3.63) is 52.8 Å². The van der Waals surface area contributed by atoms with Crippen molar-refractivity contribution >= 4 is 48.6 Å². The van der Waals surface area contributed by atoms with Crippen LogP contribution in [0.25, 0.3) is 11.0 Å². The summed E-state index contributed by atoms with van der Waals surface area (Å²) in [5.41, 5.74) is 1.46. The minimum absolute atomic E-state index is 0.0832. The van der Waals surface area contributed by atoms with Gasteiger partial charge in [-0.3, -0.25) is 4.79 Å². The number of rotatable bonds is 2. The van der Waals surface area contributed by atoms with Crippen LogP contribution in [0.1, 0.15) is 31.2 Å². The van der Waals surface area contributed by atoms with Crippen LogP contribution < -0.4 is 4.90 Å². The molecule has 0 N–H and O–H groups in total. The zero-order chi connectivity index (χ0) is 19.7. The number of amides is 1. The van der Waals surface area contributed by atoms with Crippen LogP contribution in [0.3, 0.4) is 0 Å². The Hall–Kier alpha value is -2.19. The number of likely N-dealkylation sites (N-methyl/N-ethyl adjacent to an activating group) is 1. The molecule has 0 bridgehead atoms. The number of anilines is 1. The van der Waals surface area contributed by atoms with Crippen LogP contribution in [0.5, 0.6) is 0 Å². The Morgan fingerprint density at radius 3 is 2.50 bits per heavy atom. The Morgan fingerprint density at radius 2 is 1.82 bits per heavy atom. The third-order valence-corrected chi connectivity index (χ3v) is 8.29. The average molecular weight is 460 g/mol. The molecular formula is C20H18BrN3O3S. The van der Waals surface area contributed by atoms with Crippen molar-refractivity contribution in [2.24, 2.45) is 0 Å². The molecule has 0 atom stereocenters. The third-order valence-electron chi connectivity index (χ3n) is 6.03. The van der Waals surface area contributed by atoms with Crippen LogP contribution in [0.2, 0.25) is 0 Å². The molecule has 0 saturated heterocycles. The number of fused-ring (bicyclic) bond motifs is 4. The van der Waals surface area contributed by atoms with Gasteiger partial charge >= 0.3 is 0 Å². The number of benzene rings is 1. The summed E-state index contributed by atoms with van der Waals surface area (Å²) in [5, 5.41) is 0.719. The van der Waals surface area contributed by atoms with E-state index in [1.54, 1.807) is 54.7 Å². The van der Waals surface area contributed by atoms with E-state index in [-0.39, 0.29) is 10.8 Å². The lowest BCUT2D eigenvalue weighted by molar-refractivity contribution is -0.122. The van der Waals surface area contributed by atoms with E-state index in [9.17, 15) is 13.2 Å². The number of aromatic nitrogens is 2. The number of hydrogen-bond acceptors (Lipinski definition) is 4. The van der Waals surface area contributed by atoms with Crippen LogP contribution in [0.4, 0.5) is 5.69 Å². The Balaban J connectivity index is 1.83. The van der Waals surface area contributed by atoms with E-state index in [0.717, 1.165) is 42.3 Å². The van der Waals surface area contributed by atoms with Crippen molar-refractivity contribution in [3.63, 3.8) is 0 Å². The van der Waals surface area contributed by atoms with Crippen molar-refractivity contribution < 1.29 is 13.2 Å². The number of nitrogens with zero attached hydrogens (tertiary/aromatic N) is 3. The maximum Gasteiger partial charge on any atom is 0.269 e. The predicted octanol–water partition coefficient (Wildman–Crippen LogP) is 3.82. The zero-order valence-corrected chi connectivity index (χ0v) is 17.6. The maximum absolute atomic E-state index is 13.2. The largest absolute Gasteiger partial charge is 0.313 e. The van der Waals surface area contributed by atoms with Gasteiger partial charge in [-0.1, -0.05) is 31.0 Å². The molecule has 0 unspecified atom stereocenters. The van der Waals surface area contributed by atoms with Gasteiger partial charge in [0.15, 0.2) is 5.65 Å². The van der Waals surface area contributed by atoms with E-state index < -0.39 is 15.4 Å². The second kappa shape index (κ2) is 5.90. The van der Waals surface area contributed by atoms with Crippen molar-refractivity contribution in [1.82, 2.24) is 8.96 Å². The quantitative estimate of drug-likeness (QED) is 0.583. The summed E-state index contributed by atoms with van der Waals surface area (Å²) in [6, 6.07) is 8.30. The van der Waals surface area contributed by atoms with Gasteiger partial charge in [0.2, 0.25) is 5.91 Å². The second-order valence-electron chi connectivity index (χ2n) is 7.46. The fourth-order valence-corrected chi connectivity index (χ4v) is 6.78. The predicted molar refractivity (Wildman–Crippen MR) is 110 cm³/mol. The summed E-state index contributed by atoms with van der Waals surface area (Å²) in [6.07, 6.45) is 6.72. The molecule has 8 heteroatoms. The van der Waals surface area contributed by atoms with Crippen LogP contribution >= 0.6 is 15.9 Å². The lowest BCUT2D eigenvalue weighted by Crippen LogP contribution is -2.36. The Bertz CT molecular complexity index is 1230. The van der Waals surface area contributed by atoms with Gasteiger partial charge in [0.25, 0.3) is 10.0 Å². The molecule has 1 fully saturated rings. The van der Waals surface area contributed by atoms with Gasteiger partial charge in [-0.15, -0.1) is 0 Å². The summed E-state index contributed by atoms with van der Waals surface area (Å²) in [6.45, 7) is 0. The minimum atomic E-state index is -3.80. The SMILES string of the molecule is CN1C(=O)C2(CCCC2)c2c1cnc1c2c(Br)cn1S(=O)(=O)c1ccccc1. The van der Waals surface area contributed by atoms with Crippen molar-refractivity contribution in [3.8, 4) is 0 Å². The summed E-state index contributed by atoms with van der Waals surface area (Å²) in [5.74, 6) is 0.0832. The average Bonchev–Trinajstić information content (AvgIpc) is 3.37. The fourth-order valence-electron chi connectivity index (χ4n) is 4.72. The molecule has 144 valence electrons. The molecule has 1 saturated carbocycles. The van der Waals surface area contributed by atoms with E-state index >= 15 is 0 Å². The van der Waals surface area contributed by atoms with Crippen LogP contribution in [-0.2, 0) is 20.2 Å². The summed E-state index contributed by atoms with van der Waals surface area (Å²) in [4.78, 5) is 19.5. The van der Waals surface area contributed by atoms with Crippen LogP contribution in [0, 0.1) is 0 Å². The van der Waals surface area contributed by atoms with Gasteiger partial charge < -0.3 is 4.90 Å². The topological polar surface area (TPSA) is 72.3 Å². The van der Waals surface area contributed by atoms with Crippen LogP contribution in [-0.4, -0.2) is 30.3 Å². The highest BCUT2D eigenvalue weighted by Crippen LogP contribution is 2.54. The second-order valence-corrected chi connectivity index (χ2v) is 10.1. The molecule has 1 aliphatic heterocycles. The third kappa shape index (κ3) is 2.16. The highest BCUT2D eigenvalue weighted by Gasteiger charge is 2.52. The van der Waals surface area contributed by atoms with Crippen molar-refractivity contribution in [1.29, 1.82) is 0 Å². The number of pyridine rings is 1. The number of halogens is 1. The highest BCUT2D eigenvalue weighted by atomic mass is 79.9. The summed E-state index contributed by atoms with van der Waals surface area (Å²) in [7, 11) is -2.03. The fraction of sp³-hybridized carbons (Fsp3) is 0.300. The number of carbonyl (C=O) groups excluding carboxylic acids is 1. The monoisotopic (exact) mass is 459 g/mol. The molecule has 1 amide bonds. The van der Waals surface area contributed by atoms with E-state index in [4.69, 9.17) is 0 Å². The smallest absolute Gasteiger partial charge is 0.269 e. The van der Waals surface area contributed by atoms with E-state index in [2.05, 4.69) is 20.9 Å². The van der Waals surface area contributed by atoms with E-state index in [0.29, 0.717) is 10.1 Å². The molecule has 3 aromatic rings. The molecule has 1 aliphatic carbocycles. The maximum atomic E-state index is 13.2. The van der Waals surface area contributed by atoms with Crippen molar-refractivity contribution in [2.45, 2.75) is 36.0 Å². The Kier molecular flexibility index (Phi) is 3.77. The minimum Gasteiger partial charge on any atom is -0.313 e. The molecule has 2 aliphatic rings. The summed E-state index contributed by atoms with van der Waals surface area (Å²) >= 11 is 3.55. The molecule has 5 rings (SSSR count). The van der Waals surface area contributed by atoms with Gasteiger partial charge in [0, 0.05) is 28.7 Å². The summed E-state index contributed by atoms with van der Waals surface area (Å²) < 4.78 is 28.3. The normalized spacial score (nSPS) is 18.4. The molecule has 1 aromatic carbocycles. The molecule has 1 spiro atoms. The van der Waals surface area contributed by atoms with Crippen molar-refractivity contribution in [2.75, 3.05) is 11.9 Å². The highest BCUT2D eigenvalue weighted by molar-refractivity contribution is 9.10. The lowest BCUT2D eigenvalue weighted by atomic mass is 9.79.